The largest absolute Gasteiger partial charge is 0.378 e. The fourth-order valence-corrected chi connectivity index (χ4v) is 1.93. The molecule has 0 radical (unpaired) electrons. The highest BCUT2D eigenvalue weighted by molar-refractivity contribution is 5.95. The van der Waals surface area contributed by atoms with Gasteiger partial charge in [-0.2, -0.15) is 0 Å². The average Bonchev–Trinajstić information content (AvgIpc) is 2.80. The molecule has 0 aromatic heterocycles. The van der Waals surface area contributed by atoms with Crippen LogP contribution in [0.4, 0.5) is 0 Å². The van der Waals surface area contributed by atoms with Gasteiger partial charge in [0, 0.05) is 18.6 Å². The van der Waals surface area contributed by atoms with Crippen LogP contribution in [0.25, 0.3) is 0 Å². The van der Waals surface area contributed by atoms with Crippen LogP contribution in [0.2, 0.25) is 0 Å². The molecule has 0 N–H and O–H groups in total. The van der Waals surface area contributed by atoms with E-state index in [0.717, 1.165) is 31.4 Å². The molecule has 0 aliphatic carbocycles. The third-order valence-electron chi connectivity index (χ3n) is 2.81. The Morgan fingerprint density at radius 1 is 1.33 bits per heavy atom. The van der Waals surface area contributed by atoms with Gasteiger partial charge in [0.05, 0.1) is 6.10 Å². The van der Waals surface area contributed by atoms with Gasteiger partial charge in [0.25, 0.3) is 0 Å². The molecule has 1 unspecified atom stereocenters. The molecule has 0 saturated carbocycles. The lowest BCUT2D eigenvalue weighted by atomic mass is 10.0. The smallest absolute Gasteiger partial charge is 0.162 e. The topological polar surface area (TPSA) is 26.3 Å². The maximum Gasteiger partial charge on any atom is 0.162 e. The van der Waals surface area contributed by atoms with E-state index in [9.17, 15) is 4.79 Å². The number of carbonyl (C=O) groups is 1. The molecule has 80 valence electrons. The van der Waals surface area contributed by atoms with Gasteiger partial charge in [0.2, 0.25) is 0 Å². The lowest BCUT2D eigenvalue weighted by Gasteiger charge is -2.07. The first-order chi connectivity index (χ1) is 7.36. The lowest BCUT2D eigenvalue weighted by Crippen LogP contribution is -2.08. The van der Waals surface area contributed by atoms with Crippen LogP contribution in [0.3, 0.4) is 0 Å². The summed E-state index contributed by atoms with van der Waals surface area (Å²) in [4.78, 5) is 11.7. The van der Waals surface area contributed by atoms with E-state index in [4.69, 9.17) is 4.74 Å². The van der Waals surface area contributed by atoms with Crippen LogP contribution >= 0.6 is 0 Å². The fraction of sp³-hybridized carbons (Fsp3) is 0.462. The summed E-state index contributed by atoms with van der Waals surface area (Å²) in [5, 5.41) is 0. The van der Waals surface area contributed by atoms with Gasteiger partial charge in [-0.15, -0.1) is 0 Å². The Hall–Kier alpha value is -1.15. The molecule has 1 aromatic rings. The first kappa shape index (κ1) is 10.4. The first-order valence-corrected chi connectivity index (χ1v) is 5.56. The molecule has 2 heteroatoms. The van der Waals surface area contributed by atoms with Crippen LogP contribution in [-0.4, -0.2) is 18.5 Å². The lowest BCUT2D eigenvalue weighted by molar-refractivity contribution is 0.0859. The van der Waals surface area contributed by atoms with Crippen LogP contribution in [-0.2, 0) is 4.74 Å². The molecule has 2 rings (SSSR count). The van der Waals surface area contributed by atoms with Crippen molar-refractivity contribution in [1.82, 2.24) is 0 Å². The van der Waals surface area contributed by atoms with Gasteiger partial charge >= 0.3 is 0 Å². The minimum atomic E-state index is 0.228. The number of ether oxygens (including phenoxy) is 1. The summed E-state index contributed by atoms with van der Waals surface area (Å²) in [6.45, 7) is 0.865. The SMILES string of the molecule is O=C(CCC1CCCO1)c1ccccc1. The van der Waals surface area contributed by atoms with E-state index in [0.29, 0.717) is 12.5 Å². The zero-order chi connectivity index (χ0) is 10.5. The second-order valence-corrected chi connectivity index (χ2v) is 3.96. The summed E-state index contributed by atoms with van der Waals surface area (Å²) in [5.74, 6) is 0.228. The number of Topliss-reactive ketones (excluding diaryl/α,β-unsaturated/α-hetero) is 1. The van der Waals surface area contributed by atoms with Crippen LogP contribution in [0.5, 0.6) is 0 Å². The number of hydrogen-bond donors (Lipinski definition) is 0. The number of benzene rings is 1. The van der Waals surface area contributed by atoms with E-state index in [1.165, 1.54) is 0 Å². The fourth-order valence-electron chi connectivity index (χ4n) is 1.93. The minimum Gasteiger partial charge on any atom is -0.378 e. The molecule has 0 spiro atoms. The highest BCUT2D eigenvalue weighted by atomic mass is 16.5. The quantitative estimate of drug-likeness (QED) is 0.705. The zero-order valence-electron chi connectivity index (χ0n) is 8.82. The number of rotatable bonds is 4. The summed E-state index contributed by atoms with van der Waals surface area (Å²) < 4.78 is 5.49. The summed E-state index contributed by atoms with van der Waals surface area (Å²) in [7, 11) is 0. The van der Waals surface area contributed by atoms with Crippen molar-refractivity contribution < 1.29 is 9.53 Å². The van der Waals surface area contributed by atoms with Crippen LogP contribution in [0.1, 0.15) is 36.0 Å². The van der Waals surface area contributed by atoms with Crippen molar-refractivity contribution in [1.29, 1.82) is 0 Å². The van der Waals surface area contributed by atoms with Gasteiger partial charge in [0.15, 0.2) is 5.78 Å². The Labute approximate surface area is 90.3 Å². The van der Waals surface area contributed by atoms with Gasteiger partial charge in [-0.3, -0.25) is 4.79 Å². The summed E-state index contributed by atoms with van der Waals surface area (Å²) in [5.41, 5.74) is 0.815. The highest BCUT2D eigenvalue weighted by Gasteiger charge is 2.16. The van der Waals surface area contributed by atoms with E-state index in [2.05, 4.69) is 0 Å². The molecule has 0 amide bonds. The van der Waals surface area contributed by atoms with E-state index < -0.39 is 0 Å². The Bertz CT molecular complexity index is 313. The Morgan fingerprint density at radius 3 is 2.80 bits per heavy atom. The molecule has 1 aromatic carbocycles. The second kappa shape index (κ2) is 5.08. The van der Waals surface area contributed by atoms with Crippen molar-refractivity contribution in [3.05, 3.63) is 35.9 Å². The third kappa shape index (κ3) is 2.90. The second-order valence-electron chi connectivity index (χ2n) is 3.96. The van der Waals surface area contributed by atoms with Crippen molar-refractivity contribution in [2.75, 3.05) is 6.61 Å². The number of ketones is 1. The van der Waals surface area contributed by atoms with Crippen molar-refractivity contribution in [2.45, 2.75) is 31.8 Å². The van der Waals surface area contributed by atoms with E-state index in [1.54, 1.807) is 0 Å². The van der Waals surface area contributed by atoms with E-state index in [-0.39, 0.29) is 5.78 Å². The Morgan fingerprint density at radius 2 is 2.13 bits per heavy atom. The normalized spacial score (nSPS) is 20.4. The monoisotopic (exact) mass is 204 g/mol. The summed E-state index contributed by atoms with van der Waals surface area (Å²) in [6.07, 6.45) is 4.05. The van der Waals surface area contributed by atoms with E-state index in [1.807, 2.05) is 30.3 Å². The van der Waals surface area contributed by atoms with Crippen LogP contribution < -0.4 is 0 Å². The van der Waals surface area contributed by atoms with E-state index >= 15 is 0 Å². The highest BCUT2D eigenvalue weighted by Crippen LogP contribution is 2.18. The molecular formula is C13H16O2. The third-order valence-corrected chi connectivity index (χ3v) is 2.81. The average molecular weight is 204 g/mol. The number of carbonyl (C=O) groups excluding carboxylic acids is 1. The van der Waals surface area contributed by atoms with Gasteiger partial charge in [0.1, 0.15) is 0 Å². The van der Waals surface area contributed by atoms with Gasteiger partial charge in [-0.1, -0.05) is 30.3 Å². The molecule has 1 aliphatic rings. The van der Waals surface area contributed by atoms with Gasteiger partial charge in [-0.25, -0.2) is 0 Å². The van der Waals surface area contributed by atoms with Crippen molar-refractivity contribution in [3.63, 3.8) is 0 Å². The van der Waals surface area contributed by atoms with Gasteiger partial charge < -0.3 is 4.74 Å². The Kier molecular flexibility index (Phi) is 3.51. The minimum absolute atomic E-state index is 0.228. The molecule has 2 nitrogen and oxygen atoms in total. The standard InChI is InChI=1S/C13H16O2/c14-13(11-5-2-1-3-6-11)9-8-12-7-4-10-15-12/h1-3,5-6,12H,4,7-10H2. The van der Waals surface area contributed by atoms with Crippen LogP contribution in [0.15, 0.2) is 30.3 Å². The summed E-state index contributed by atoms with van der Waals surface area (Å²) in [6, 6.07) is 9.48. The molecule has 15 heavy (non-hydrogen) atoms. The molecular weight excluding hydrogens is 188 g/mol. The van der Waals surface area contributed by atoms with Crippen LogP contribution in [0, 0.1) is 0 Å². The van der Waals surface area contributed by atoms with Crippen molar-refractivity contribution in [3.8, 4) is 0 Å². The zero-order valence-corrected chi connectivity index (χ0v) is 8.82. The number of hydrogen-bond acceptors (Lipinski definition) is 2. The molecule has 0 bridgehead atoms. The van der Waals surface area contributed by atoms with Crippen molar-refractivity contribution >= 4 is 5.78 Å². The maximum atomic E-state index is 11.7. The molecule has 1 saturated heterocycles. The molecule has 1 atom stereocenters. The van der Waals surface area contributed by atoms with Crippen molar-refractivity contribution in [2.24, 2.45) is 0 Å². The Balaban J connectivity index is 1.82. The predicted molar refractivity (Wildman–Crippen MR) is 59.0 cm³/mol. The summed E-state index contributed by atoms with van der Waals surface area (Å²) >= 11 is 0. The molecule has 1 heterocycles. The maximum absolute atomic E-state index is 11.7. The molecule has 1 fully saturated rings. The van der Waals surface area contributed by atoms with Gasteiger partial charge in [-0.05, 0) is 19.3 Å². The molecule has 1 aliphatic heterocycles. The predicted octanol–water partition coefficient (Wildman–Crippen LogP) is 2.83. The first-order valence-electron chi connectivity index (χ1n) is 5.56.